The smallest absolute Gasteiger partial charge is 0.150 e. The third kappa shape index (κ3) is 3.52. The summed E-state index contributed by atoms with van der Waals surface area (Å²) in [6.07, 6.45) is 5.75. The highest BCUT2D eigenvalue weighted by atomic mass is 35.5. The van der Waals surface area contributed by atoms with Gasteiger partial charge in [-0.1, -0.05) is 11.6 Å². The number of rotatable bonds is 3. The quantitative estimate of drug-likeness (QED) is 0.747. The molecule has 1 aliphatic rings. The van der Waals surface area contributed by atoms with Crippen LogP contribution in [-0.2, 0) is 13.0 Å². The number of fused-ring (bicyclic) bond motifs is 1. The molecule has 0 aliphatic carbocycles. The van der Waals surface area contributed by atoms with Crippen molar-refractivity contribution in [1.82, 2.24) is 19.9 Å². The highest BCUT2D eigenvalue weighted by Crippen LogP contribution is 2.30. The van der Waals surface area contributed by atoms with Gasteiger partial charge in [-0.05, 0) is 31.5 Å². The van der Waals surface area contributed by atoms with Gasteiger partial charge in [-0.2, -0.15) is 5.26 Å². The summed E-state index contributed by atoms with van der Waals surface area (Å²) < 4.78 is 0. The van der Waals surface area contributed by atoms with Crippen molar-refractivity contribution in [1.29, 1.82) is 5.26 Å². The Labute approximate surface area is 161 Å². The predicted octanol–water partition coefficient (Wildman–Crippen LogP) is 3.41. The fraction of sp³-hybridized carbons (Fsp3) is 0.211. The highest BCUT2D eigenvalue weighted by molar-refractivity contribution is 6.32. The monoisotopic (exact) mass is 377 g/mol. The minimum absolute atomic E-state index is 0.462. The van der Waals surface area contributed by atoms with Crippen LogP contribution >= 0.6 is 11.6 Å². The van der Waals surface area contributed by atoms with E-state index < -0.39 is 0 Å². The van der Waals surface area contributed by atoms with Crippen LogP contribution in [0.5, 0.6) is 0 Å². The van der Waals surface area contributed by atoms with Crippen LogP contribution in [0, 0.1) is 18.3 Å². The summed E-state index contributed by atoms with van der Waals surface area (Å²) in [7, 11) is 0. The molecule has 0 spiro atoms. The second-order valence-corrected chi connectivity index (χ2v) is 6.67. The maximum absolute atomic E-state index is 9.04. The van der Waals surface area contributed by atoms with Gasteiger partial charge in [0.05, 0.1) is 40.9 Å². The van der Waals surface area contributed by atoms with E-state index in [2.05, 4.69) is 36.2 Å². The lowest BCUT2D eigenvalue weighted by molar-refractivity contribution is 0.705. The number of nitriles is 1. The lowest BCUT2D eigenvalue weighted by Gasteiger charge is -2.30. The minimum Gasteiger partial charge on any atom is -0.365 e. The Morgan fingerprint density at radius 1 is 1.19 bits per heavy atom. The molecule has 0 saturated carbocycles. The van der Waals surface area contributed by atoms with E-state index in [9.17, 15) is 0 Å². The summed E-state index contributed by atoms with van der Waals surface area (Å²) in [6.45, 7) is 3.35. The first-order chi connectivity index (χ1) is 13.1. The zero-order chi connectivity index (χ0) is 18.8. The van der Waals surface area contributed by atoms with Gasteiger partial charge < -0.3 is 10.2 Å². The van der Waals surface area contributed by atoms with Gasteiger partial charge in [0.15, 0.2) is 0 Å². The van der Waals surface area contributed by atoms with Gasteiger partial charge in [-0.15, -0.1) is 0 Å². The maximum Gasteiger partial charge on any atom is 0.150 e. The van der Waals surface area contributed by atoms with Gasteiger partial charge in [-0.25, -0.2) is 15.0 Å². The summed E-state index contributed by atoms with van der Waals surface area (Å²) >= 11 is 6.18. The van der Waals surface area contributed by atoms with Gasteiger partial charge in [-0.3, -0.25) is 4.98 Å². The van der Waals surface area contributed by atoms with Crippen LogP contribution in [0.25, 0.3) is 0 Å². The Morgan fingerprint density at radius 2 is 2.07 bits per heavy atom. The van der Waals surface area contributed by atoms with Gasteiger partial charge in [0, 0.05) is 17.8 Å². The van der Waals surface area contributed by atoms with E-state index in [1.807, 2.05) is 19.1 Å². The fourth-order valence-electron chi connectivity index (χ4n) is 3.05. The molecule has 134 valence electrons. The molecule has 0 atom stereocenters. The molecule has 1 N–H and O–H groups in total. The SMILES string of the molecule is Cc1cnc(Nc2ncnc3c2CCN(c2ccc(C#N)c(Cl)c2)C3)cn1. The molecular weight excluding hydrogens is 362 g/mol. The Bertz CT molecular complexity index is 1030. The number of aryl methyl sites for hydroxylation is 1. The zero-order valence-corrected chi connectivity index (χ0v) is 15.4. The molecule has 7 nitrogen and oxygen atoms in total. The van der Waals surface area contributed by atoms with Crippen LogP contribution in [0.1, 0.15) is 22.5 Å². The second kappa shape index (κ2) is 7.17. The van der Waals surface area contributed by atoms with Crippen LogP contribution in [0.4, 0.5) is 17.3 Å². The largest absolute Gasteiger partial charge is 0.365 e. The van der Waals surface area contributed by atoms with E-state index in [1.165, 1.54) is 0 Å². The summed E-state index contributed by atoms with van der Waals surface area (Å²) in [5.41, 5.74) is 4.35. The average Bonchev–Trinajstić information content (AvgIpc) is 2.69. The summed E-state index contributed by atoms with van der Waals surface area (Å²) in [5, 5.41) is 12.7. The Balaban J connectivity index is 1.58. The molecule has 27 heavy (non-hydrogen) atoms. The van der Waals surface area contributed by atoms with Gasteiger partial charge >= 0.3 is 0 Å². The molecule has 0 fully saturated rings. The average molecular weight is 378 g/mol. The molecule has 8 heteroatoms. The standard InChI is InChI=1S/C19H16ClN7/c1-12-8-23-18(9-22-12)26-19-15-4-5-27(10-17(15)24-11-25-19)14-3-2-13(7-21)16(20)6-14/h2-3,6,8-9,11H,4-5,10H2,1H3,(H,23,24,25,26). The first kappa shape index (κ1) is 17.2. The number of anilines is 3. The minimum atomic E-state index is 0.462. The predicted molar refractivity (Wildman–Crippen MR) is 103 cm³/mol. The summed E-state index contributed by atoms with van der Waals surface area (Å²) in [5.74, 6) is 1.42. The van der Waals surface area contributed by atoms with E-state index in [4.69, 9.17) is 16.9 Å². The Kier molecular flexibility index (Phi) is 4.57. The van der Waals surface area contributed by atoms with Crippen LogP contribution in [-0.4, -0.2) is 26.5 Å². The first-order valence-corrected chi connectivity index (χ1v) is 8.85. The lowest BCUT2D eigenvalue weighted by atomic mass is 10.0. The first-order valence-electron chi connectivity index (χ1n) is 8.47. The van der Waals surface area contributed by atoms with Crippen LogP contribution in [0.3, 0.4) is 0 Å². The second-order valence-electron chi connectivity index (χ2n) is 6.26. The van der Waals surface area contributed by atoms with Crippen LogP contribution in [0.15, 0.2) is 36.9 Å². The number of aromatic nitrogens is 4. The molecule has 0 bridgehead atoms. The highest BCUT2D eigenvalue weighted by Gasteiger charge is 2.22. The van der Waals surface area contributed by atoms with Crippen molar-refractivity contribution in [3.05, 3.63) is 64.5 Å². The van der Waals surface area contributed by atoms with Gasteiger partial charge in [0.25, 0.3) is 0 Å². The number of halogens is 1. The maximum atomic E-state index is 9.04. The topological polar surface area (TPSA) is 90.6 Å². The number of hydrogen-bond donors (Lipinski definition) is 1. The Morgan fingerprint density at radius 3 is 2.81 bits per heavy atom. The lowest BCUT2D eigenvalue weighted by Crippen LogP contribution is -2.31. The third-order valence-electron chi connectivity index (χ3n) is 4.47. The molecule has 3 heterocycles. The van der Waals surface area contributed by atoms with E-state index in [0.29, 0.717) is 22.9 Å². The van der Waals surface area contributed by atoms with Crippen molar-refractivity contribution >= 4 is 28.9 Å². The molecule has 0 radical (unpaired) electrons. The van der Waals surface area contributed by atoms with Crippen LogP contribution < -0.4 is 10.2 Å². The van der Waals surface area contributed by atoms with E-state index in [1.54, 1.807) is 24.8 Å². The van der Waals surface area contributed by atoms with Gasteiger partial charge in [0.2, 0.25) is 0 Å². The van der Waals surface area contributed by atoms with Gasteiger partial charge in [0.1, 0.15) is 24.0 Å². The van der Waals surface area contributed by atoms with E-state index >= 15 is 0 Å². The van der Waals surface area contributed by atoms with E-state index in [-0.39, 0.29) is 0 Å². The third-order valence-corrected chi connectivity index (χ3v) is 4.79. The molecular formula is C19H16ClN7. The fourth-order valence-corrected chi connectivity index (χ4v) is 3.27. The molecule has 0 saturated heterocycles. The Hall–Kier alpha value is -3.24. The van der Waals surface area contributed by atoms with E-state index in [0.717, 1.165) is 41.4 Å². The molecule has 1 aromatic carbocycles. The number of hydrogen-bond acceptors (Lipinski definition) is 7. The number of nitrogens with zero attached hydrogens (tertiary/aromatic N) is 6. The summed E-state index contributed by atoms with van der Waals surface area (Å²) in [4.78, 5) is 19.6. The van der Waals surface area contributed by atoms with Crippen molar-refractivity contribution in [2.45, 2.75) is 19.9 Å². The van der Waals surface area contributed by atoms with Crippen molar-refractivity contribution in [2.24, 2.45) is 0 Å². The zero-order valence-electron chi connectivity index (χ0n) is 14.6. The van der Waals surface area contributed by atoms with Crippen molar-refractivity contribution in [3.63, 3.8) is 0 Å². The number of nitrogens with one attached hydrogen (secondary N) is 1. The molecule has 0 amide bonds. The number of benzene rings is 1. The molecule has 1 aliphatic heterocycles. The molecule has 4 rings (SSSR count). The van der Waals surface area contributed by atoms with Crippen molar-refractivity contribution in [3.8, 4) is 6.07 Å². The van der Waals surface area contributed by atoms with Crippen molar-refractivity contribution in [2.75, 3.05) is 16.8 Å². The molecule has 3 aromatic rings. The van der Waals surface area contributed by atoms with Crippen LogP contribution in [0.2, 0.25) is 5.02 Å². The molecule has 2 aromatic heterocycles. The normalized spacial score (nSPS) is 13.0. The molecule has 0 unspecified atom stereocenters. The summed E-state index contributed by atoms with van der Waals surface area (Å²) in [6, 6.07) is 7.57. The van der Waals surface area contributed by atoms with Crippen molar-refractivity contribution < 1.29 is 0 Å².